The number of nitrogens with two attached hydrogens (primary N) is 1. The average Bonchev–Trinajstić information content (AvgIpc) is 3.27. The molecule has 5 unspecified atom stereocenters. The summed E-state index contributed by atoms with van der Waals surface area (Å²) >= 11 is 4.11. The summed E-state index contributed by atoms with van der Waals surface area (Å²) in [4.78, 5) is 51.0. The van der Waals surface area contributed by atoms with E-state index in [0.29, 0.717) is 18.4 Å². The predicted molar refractivity (Wildman–Crippen MR) is 122 cm³/mol. The van der Waals surface area contributed by atoms with E-state index in [-0.39, 0.29) is 24.5 Å². The number of phenolic OH excluding ortho intramolecular Hbond substituents is 1. The maximum Gasteiger partial charge on any atom is 0.326 e. The number of hydrogen-bond donors (Lipinski definition) is 7. The number of nitrogens with one attached hydrogen (secondary N) is 2. The van der Waals surface area contributed by atoms with Crippen LogP contribution in [0.15, 0.2) is 24.3 Å². The fourth-order valence-corrected chi connectivity index (χ4v) is 3.76. The normalized spacial score (nSPS) is 19.3. The second-order valence-electron chi connectivity index (χ2n) is 7.97. The minimum absolute atomic E-state index is 0.00538. The van der Waals surface area contributed by atoms with E-state index < -0.39 is 54.0 Å². The van der Waals surface area contributed by atoms with E-state index in [0.717, 1.165) is 0 Å². The van der Waals surface area contributed by atoms with Gasteiger partial charge in [0.25, 0.3) is 0 Å². The topological polar surface area (TPSA) is 182 Å². The predicted octanol–water partition coefficient (Wildman–Crippen LogP) is -1.38. The number of phenols is 1. The van der Waals surface area contributed by atoms with Gasteiger partial charge in [-0.05, 0) is 37.5 Å². The number of nitrogens with zero attached hydrogens (tertiary/aromatic N) is 1. The molecule has 3 amide bonds. The molecule has 0 aliphatic carbocycles. The van der Waals surface area contributed by atoms with E-state index in [1.54, 1.807) is 12.1 Å². The highest BCUT2D eigenvalue weighted by Crippen LogP contribution is 2.20. The molecule has 0 bridgehead atoms. The zero-order valence-electron chi connectivity index (χ0n) is 18.2. The summed E-state index contributed by atoms with van der Waals surface area (Å²) in [7, 11) is 0. The summed E-state index contributed by atoms with van der Waals surface area (Å²) in [5, 5.41) is 33.3. The molecule has 2 rings (SSSR count). The Hall–Kier alpha value is -2.83. The molecule has 1 saturated heterocycles. The minimum atomic E-state index is -1.24. The third kappa shape index (κ3) is 7.07. The van der Waals surface area contributed by atoms with Gasteiger partial charge < -0.3 is 36.6 Å². The van der Waals surface area contributed by atoms with Gasteiger partial charge in [-0.3, -0.25) is 14.4 Å². The van der Waals surface area contributed by atoms with Crippen LogP contribution < -0.4 is 16.4 Å². The molecule has 1 fully saturated rings. The molecule has 0 aromatic heterocycles. The van der Waals surface area contributed by atoms with Gasteiger partial charge in [-0.2, -0.15) is 12.6 Å². The summed E-state index contributed by atoms with van der Waals surface area (Å²) in [6.45, 7) is 1.61. The smallest absolute Gasteiger partial charge is 0.326 e. The Kier molecular flexibility index (Phi) is 9.50. The number of aliphatic carboxylic acids is 1. The summed E-state index contributed by atoms with van der Waals surface area (Å²) in [5.41, 5.74) is 6.21. The van der Waals surface area contributed by atoms with Crippen molar-refractivity contribution in [3.63, 3.8) is 0 Å². The van der Waals surface area contributed by atoms with Crippen LogP contribution in [0.3, 0.4) is 0 Å². The first-order chi connectivity index (χ1) is 15.5. The van der Waals surface area contributed by atoms with Crippen LogP contribution in [0.2, 0.25) is 0 Å². The molecule has 0 spiro atoms. The Morgan fingerprint density at radius 2 is 1.82 bits per heavy atom. The number of likely N-dealkylation sites (tertiary alicyclic amines) is 1. The van der Waals surface area contributed by atoms with E-state index in [1.807, 2.05) is 0 Å². The van der Waals surface area contributed by atoms with Crippen molar-refractivity contribution in [2.45, 2.75) is 56.5 Å². The van der Waals surface area contributed by atoms with Crippen LogP contribution in [0.25, 0.3) is 0 Å². The van der Waals surface area contributed by atoms with Gasteiger partial charge in [-0.1, -0.05) is 12.1 Å². The lowest BCUT2D eigenvalue weighted by Crippen LogP contribution is -2.58. The second-order valence-corrected chi connectivity index (χ2v) is 8.33. The Morgan fingerprint density at radius 1 is 1.18 bits per heavy atom. The zero-order chi connectivity index (χ0) is 24.7. The van der Waals surface area contributed by atoms with Gasteiger partial charge in [0.2, 0.25) is 17.7 Å². The molecule has 12 heteroatoms. The lowest BCUT2D eigenvalue weighted by atomic mass is 10.0. The quantitative estimate of drug-likeness (QED) is 0.199. The summed E-state index contributed by atoms with van der Waals surface area (Å²) < 4.78 is 0. The maximum atomic E-state index is 13.0. The van der Waals surface area contributed by atoms with Crippen LogP contribution in [0.1, 0.15) is 25.3 Å². The van der Waals surface area contributed by atoms with E-state index in [4.69, 9.17) is 5.73 Å². The lowest BCUT2D eigenvalue weighted by molar-refractivity contribution is -0.144. The van der Waals surface area contributed by atoms with Crippen LogP contribution in [0.5, 0.6) is 5.75 Å². The number of aliphatic hydroxyl groups excluding tert-OH is 1. The van der Waals surface area contributed by atoms with E-state index in [2.05, 4.69) is 23.3 Å². The number of aliphatic hydroxyl groups is 1. The number of carboxylic acid groups (broad SMARTS) is 1. The monoisotopic (exact) mass is 482 g/mol. The molecule has 0 radical (unpaired) electrons. The van der Waals surface area contributed by atoms with Gasteiger partial charge in [-0.15, -0.1) is 0 Å². The Labute approximate surface area is 196 Å². The van der Waals surface area contributed by atoms with Gasteiger partial charge in [0, 0.05) is 18.7 Å². The number of benzene rings is 1. The third-order valence-corrected chi connectivity index (χ3v) is 5.81. The number of amides is 3. The molecule has 5 atom stereocenters. The molecular weight excluding hydrogens is 452 g/mol. The van der Waals surface area contributed by atoms with Crippen LogP contribution in [0.4, 0.5) is 0 Å². The van der Waals surface area contributed by atoms with Gasteiger partial charge in [0.15, 0.2) is 0 Å². The minimum Gasteiger partial charge on any atom is -0.508 e. The van der Waals surface area contributed by atoms with Crippen LogP contribution in [-0.4, -0.2) is 86.5 Å². The van der Waals surface area contributed by atoms with Gasteiger partial charge in [-0.25, -0.2) is 4.79 Å². The van der Waals surface area contributed by atoms with Crippen LogP contribution in [0, 0.1) is 0 Å². The molecule has 182 valence electrons. The van der Waals surface area contributed by atoms with Crippen molar-refractivity contribution < 1.29 is 34.5 Å². The average molecular weight is 483 g/mol. The van der Waals surface area contributed by atoms with Gasteiger partial charge >= 0.3 is 5.97 Å². The fraction of sp³-hybridized carbons (Fsp3) is 0.524. The molecule has 1 heterocycles. The molecule has 11 nitrogen and oxygen atoms in total. The third-order valence-electron chi connectivity index (χ3n) is 5.45. The molecule has 7 N–H and O–H groups in total. The molecule has 1 aromatic carbocycles. The van der Waals surface area contributed by atoms with Crippen molar-refractivity contribution in [2.75, 3.05) is 12.3 Å². The summed E-state index contributed by atoms with van der Waals surface area (Å²) in [6, 6.07) is 1.53. The van der Waals surface area contributed by atoms with Gasteiger partial charge in [0.05, 0.1) is 6.10 Å². The molecule has 0 saturated carbocycles. The Bertz CT molecular complexity index is 865. The van der Waals surface area contributed by atoms with Crippen molar-refractivity contribution >= 4 is 36.3 Å². The molecule has 33 heavy (non-hydrogen) atoms. The number of thiol groups is 1. The van der Waals surface area contributed by atoms with Crippen LogP contribution >= 0.6 is 12.6 Å². The zero-order valence-corrected chi connectivity index (χ0v) is 19.1. The number of carbonyl (C=O) groups excluding carboxylic acids is 3. The Balaban J connectivity index is 2.07. The van der Waals surface area contributed by atoms with Crippen LogP contribution in [-0.2, 0) is 25.6 Å². The number of carboxylic acids is 1. The number of aromatic hydroxyl groups is 1. The summed E-state index contributed by atoms with van der Waals surface area (Å²) in [6.07, 6.45) is -0.259. The van der Waals surface area contributed by atoms with Crippen molar-refractivity contribution in [2.24, 2.45) is 5.73 Å². The first-order valence-corrected chi connectivity index (χ1v) is 11.1. The standard InChI is InChI=1S/C21H30N4O7S/c1-11(26)17(22)19(29)24-15(10-33)20(30)25-8-2-3-16(25)18(28)23-14(21(31)32)9-12-4-6-13(27)7-5-12/h4-7,11,14-17,26-27,33H,2-3,8-10,22H2,1H3,(H,23,28)(H,24,29)(H,31,32). The fourth-order valence-electron chi connectivity index (χ4n) is 3.51. The molecule has 1 aromatic rings. The van der Waals surface area contributed by atoms with Gasteiger partial charge in [0.1, 0.15) is 29.9 Å². The summed E-state index contributed by atoms with van der Waals surface area (Å²) in [5.74, 6) is -3.14. The van der Waals surface area contributed by atoms with E-state index in [1.165, 1.54) is 24.0 Å². The Morgan fingerprint density at radius 3 is 2.36 bits per heavy atom. The molecule has 1 aliphatic rings. The van der Waals surface area contributed by atoms with Crippen molar-refractivity contribution in [1.29, 1.82) is 0 Å². The van der Waals surface area contributed by atoms with Crippen molar-refractivity contribution in [3.05, 3.63) is 29.8 Å². The number of hydrogen-bond acceptors (Lipinski definition) is 8. The number of carbonyl (C=O) groups is 4. The van der Waals surface area contributed by atoms with Crippen molar-refractivity contribution in [1.82, 2.24) is 15.5 Å². The molecule has 1 aliphatic heterocycles. The van der Waals surface area contributed by atoms with E-state index in [9.17, 15) is 34.5 Å². The first-order valence-electron chi connectivity index (χ1n) is 10.5. The van der Waals surface area contributed by atoms with Crippen molar-refractivity contribution in [3.8, 4) is 5.75 Å². The maximum absolute atomic E-state index is 13.0. The SMILES string of the molecule is CC(O)C(N)C(=O)NC(CS)C(=O)N1CCCC1C(=O)NC(Cc1ccc(O)cc1)C(=O)O. The number of rotatable bonds is 10. The second kappa shape index (κ2) is 11.9. The highest BCUT2D eigenvalue weighted by atomic mass is 32.1. The van der Waals surface area contributed by atoms with E-state index >= 15 is 0 Å². The highest BCUT2D eigenvalue weighted by molar-refractivity contribution is 7.80. The highest BCUT2D eigenvalue weighted by Gasteiger charge is 2.39. The lowest BCUT2D eigenvalue weighted by Gasteiger charge is -2.29. The molecular formula is C21H30N4O7S. The first kappa shape index (κ1) is 26.4. The largest absolute Gasteiger partial charge is 0.508 e.